The molecule has 10 N–H and O–H groups in total. The Hall–Kier alpha value is -5.83. The number of carbonyl (C=O) groups excluding carboxylic acids is 11. The van der Waals surface area contributed by atoms with Crippen LogP contribution in [-0.4, -0.2) is 147 Å². The fraction of sp³-hybridized carbons (Fsp3) is 0.621. The summed E-state index contributed by atoms with van der Waals surface area (Å²) < 4.78 is 0. The van der Waals surface area contributed by atoms with Crippen molar-refractivity contribution in [2.45, 2.75) is 50.1 Å². The lowest BCUT2D eigenvalue weighted by Gasteiger charge is -2.44. The van der Waals surface area contributed by atoms with Gasteiger partial charge in [-0.25, -0.2) is 0 Å². The molecule has 3 fully saturated rings. The van der Waals surface area contributed by atoms with Crippen LogP contribution in [-0.2, 0) is 52.7 Å². The zero-order chi connectivity index (χ0) is 37.4. The maximum Gasteiger partial charge on any atom is 0.249 e. The third-order valence-corrected chi connectivity index (χ3v) is 8.03. The van der Waals surface area contributed by atoms with Gasteiger partial charge in [-0.2, -0.15) is 0 Å². The molecule has 0 bridgehead atoms. The predicted octanol–water partition coefficient (Wildman–Crippen LogP) is -7.53. The molecule has 2 heterocycles. The van der Waals surface area contributed by atoms with Crippen molar-refractivity contribution in [3.63, 3.8) is 0 Å². The van der Waals surface area contributed by atoms with Crippen molar-refractivity contribution in [3.05, 3.63) is 0 Å². The summed E-state index contributed by atoms with van der Waals surface area (Å²) in [6.07, 6.45) is 1.89. The highest BCUT2D eigenvalue weighted by molar-refractivity contribution is 5.98. The second-order valence-corrected chi connectivity index (χ2v) is 11.9. The highest BCUT2D eigenvalue weighted by Crippen LogP contribution is 2.35. The first-order valence-electron chi connectivity index (χ1n) is 16.3. The molecule has 22 nitrogen and oxygen atoms in total. The van der Waals surface area contributed by atoms with E-state index in [1.807, 2.05) is 0 Å². The molecule has 1 aliphatic carbocycles. The van der Waals surface area contributed by atoms with E-state index in [4.69, 9.17) is 0 Å². The monoisotopic (exact) mass is 721 g/mol. The zero-order valence-electron chi connectivity index (χ0n) is 27.8. The Morgan fingerprint density at radius 2 is 0.843 bits per heavy atom. The standard InChI is InChI=1S/C29H43N11O11/c41-18-4-7-30-19(42)9-32-25(48)15-38-27(50)17-3-1-8-40(17)28(51)29(5-2-6-29)39-26(49)16-37-24(47)14-36-23(46)13-35-22(45)12-34-21(44)11-33-20(43)10-31-18/h17H,1-16H2,(H,30,42)(H,31,41)(H,32,48)(H,33,43)(H,34,44)(H,35,45)(H,36,46)(H,37,47)(H,38,50)(H,39,49). The van der Waals surface area contributed by atoms with Crippen molar-refractivity contribution in [2.24, 2.45) is 0 Å². The quantitative estimate of drug-likeness (QED) is 0.112. The Morgan fingerprint density at radius 1 is 0.451 bits per heavy atom. The van der Waals surface area contributed by atoms with Crippen LogP contribution in [0.25, 0.3) is 0 Å². The molecule has 3 aliphatic rings. The fourth-order valence-electron chi connectivity index (χ4n) is 5.17. The summed E-state index contributed by atoms with van der Waals surface area (Å²) in [4.78, 5) is 137. The minimum absolute atomic E-state index is 0.118. The third-order valence-electron chi connectivity index (χ3n) is 8.03. The van der Waals surface area contributed by atoms with Gasteiger partial charge in [0.2, 0.25) is 65.0 Å². The lowest BCUT2D eigenvalue weighted by molar-refractivity contribution is -0.149. The lowest BCUT2D eigenvalue weighted by atomic mass is 9.75. The number of nitrogens with zero attached hydrogens (tertiary/aromatic N) is 1. The van der Waals surface area contributed by atoms with Crippen LogP contribution in [0.15, 0.2) is 0 Å². The molecule has 22 heteroatoms. The number of hydrogen-bond donors (Lipinski definition) is 10. The normalized spacial score (nSPS) is 23.6. The van der Waals surface area contributed by atoms with Gasteiger partial charge in [-0.1, -0.05) is 0 Å². The second-order valence-electron chi connectivity index (χ2n) is 11.9. The van der Waals surface area contributed by atoms with Gasteiger partial charge in [-0.3, -0.25) is 52.7 Å². The molecule has 2 aliphatic heterocycles. The van der Waals surface area contributed by atoms with Crippen LogP contribution in [0.4, 0.5) is 0 Å². The van der Waals surface area contributed by atoms with E-state index in [-0.39, 0.29) is 19.5 Å². The summed E-state index contributed by atoms with van der Waals surface area (Å²) in [5, 5.41) is 23.4. The topological polar surface area (TPSA) is 311 Å². The van der Waals surface area contributed by atoms with Gasteiger partial charge in [-0.05, 0) is 32.1 Å². The van der Waals surface area contributed by atoms with E-state index < -0.39 is 129 Å². The minimum atomic E-state index is -1.27. The summed E-state index contributed by atoms with van der Waals surface area (Å²) in [6.45, 7) is -3.89. The molecule has 2 saturated heterocycles. The van der Waals surface area contributed by atoms with Crippen molar-refractivity contribution in [1.29, 1.82) is 0 Å². The summed E-state index contributed by atoms with van der Waals surface area (Å²) in [5.41, 5.74) is -1.27. The van der Waals surface area contributed by atoms with Gasteiger partial charge in [0, 0.05) is 19.5 Å². The SMILES string of the molecule is O=C1CCNC(=O)CNC(=O)CNC(=O)C2CCCN2C(=O)C2(CCC2)NC(=O)CNC(=O)CNC(=O)CNC(=O)CNC(=O)CNC(=O)CN1. The van der Waals surface area contributed by atoms with Gasteiger partial charge >= 0.3 is 0 Å². The van der Waals surface area contributed by atoms with Crippen LogP contribution in [0.2, 0.25) is 0 Å². The molecule has 0 aromatic heterocycles. The van der Waals surface area contributed by atoms with E-state index >= 15 is 0 Å². The molecule has 11 amide bonds. The Bertz CT molecular complexity index is 1420. The molecule has 1 unspecified atom stereocenters. The van der Waals surface area contributed by atoms with E-state index in [9.17, 15) is 52.7 Å². The number of rotatable bonds is 0. The summed E-state index contributed by atoms with van der Waals surface area (Å²) in [5.74, 6) is -7.29. The van der Waals surface area contributed by atoms with Gasteiger partial charge in [0.05, 0.1) is 52.4 Å². The number of carbonyl (C=O) groups is 11. The van der Waals surface area contributed by atoms with Crippen LogP contribution in [0.1, 0.15) is 38.5 Å². The average Bonchev–Trinajstić information content (AvgIpc) is 3.58. The number of fused-ring (bicyclic) bond motifs is 1. The largest absolute Gasteiger partial charge is 0.354 e. The molecule has 3 rings (SSSR count). The van der Waals surface area contributed by atoms with E-state index in [1.165, 1.54) is 4.90 Å². The van der Waals surface area contributed by atoms with Crippen LogP contribution in [0, 0.1) is 0 Å². The Kier molecular flexibility index (Phi) is 15.1. The first-order chi connectivity index (χ1) is 24.3. The van der Waals surface area contributed by atoms with E-state index in [1.54, 1.807) is 0 Å². The lowest BCUT2D eigenvalue weighted by Crippen LogP contribution is -2.66. The summed E-state index contributed by atoms with van der Waals surface area (Å²) >= 11 is 0. The molecular weight excluding hydrogens is 678 g/mol. The van der Waals surface area contributed by atoms with Gasteiger partial charge in [0.15, 0.2) is 0 Å². The smallest absolute Gasteiger partial charge is 0.249 e. The first kappa shape index (κ1) is 39.6. The van der Waals surface area contributed by atoms with Gasteiger partial charge in [-0.15, -0.1) is 0 Å². The highest BCUT2D eigenvalue weighted by Gasteiger charge is 2.50. The predicted molar refractivity (Wildman–Crippen MR) is 171 cm³/mol. The Balaban J connectivity index is 1.57. The number of amides is 11. The van der Waals surface area contributed by atoms with Crippen molar-refractivity contribution in [2.75, 3.05) is 65.4 Å². The average molecular weight is 722 g/mol. The van der Waals surface area contributed by atoms with E-state index in [0.29, 0.717) is 32.1 Å². The fourth-order valence-corrected chi connectivity index (χ4v) is 5.17. The first-order valence-corrected chi connectivity index (χ1v) is 16.3. The third kappa shape index (κ3) is 13.2. The van der Waals surface area contributed by atoms with Crippen molar-refractivity contribution in [1.82, 2.24) is 58.1 Å². The summed E-state index contributed by atoms with van der Waals surface area (Å²) in [7, 11) is 0. The molecular formula is C29H43N11O11. The van der Waals surface area contributed by atoms with Gasteiger partial charge in [0.25, 0.3) is 0 Å². The van der Waals surface area contributed by atoms with Crippen LogP contribution < -0.4 is 53.2 Å². The maximum absolute atomic E-state index is 13.6. The second kappa shape index (κ2) is 19.4. The molecule has 1 saturated carbocycles. The molecule has 280 valence electrons. The van der Waals surface area contributed by atoms with Crippen LogP contribution >= 0.6 is 0 Å². The van der Waals surface area contributed by atoms with Crippen LogP contribution in [0.3, 0.4) is 0 Å². The van der Waals surface area contributed by atoms with E-state index in [2.05, 4.69) is 53.2 Å². The maximum atomic E-state index is 13.6. The Morgan fingerprint density at radius 3 is 1.27 bits per heavy atom. The molecule has 1 atom stereocenters. The van der Waals surface area contributed by atoms with Gasteiger partial charge in [0.1, 0.15) is 11.6 Å². The molecule has 51 heavy (non-hydrogen) atoms. The Labute approximate surface area is 291 Å². The molecule has 1 spiro atoms. The zero-order valence-corrected chi connectivity index (χ0v) is 27.8. The van der Waals surface area contributed by atoms with Crippen LogP contribution in [0.5, 0.6) is 0 Å². The van der Waals surface area contributed by atoms with E-state index in [0.717, 1.165) is 0 Å². The molecule has 0 aromatic carbocycles. The van der Waals surface area contributed by atoms with Crippen molar-refractivity contribution < 1.29 is 52.7 Å². The van der Waals surface area contributed by atoms with Crippen molar-refractivity contribution in [3.8, 4) is 0 Å². The molecule has 0 radical (unpaired) electrons. The van der Waals surface area contributed by atoms with Crippen molar-refractivity contribution >= 4 is 65.0 Å². The minimum Gasteiger partial charge on any atom is -0.354 e. The summed E-state index contributed by atoms with van der Waals surface area (Å²) in [6, 6.07) is -0.894. The molecule has 0 aromatic rings. The number of nitrogens with one attached hydrogen (secondary N) is 10. The highest BCUT2D eigenvalue weighted by atomic mass is 16.2. The number of hydrogen-bond acceptors (Lipinski definition) is 11. The van der Waals surface area contributed by atoms with Gasteiger partial charge < -0.3 is 58.1 Å².